The molecule has 2 aromatic carbocycles. The Hall–Kier alpha value is -2.96. The lowest BCUT2D eigenvalue weighted by Gasteiger charge is -2.21. The Kier molecular flexibility index (Phi) is 8.58. The number of amides is 1. The third-order valence-electron chi connectivity index (χ3n) is 4.28. The topological polar surface area (TPSA) is 87.7 Å². The van der Waals surface area contributed by atoms with Crippen LogP contribution in [0.25, 0.3) is 0 Å². The second-order valence-corrected chi connectivity index (χ2v) is 6.97. The molecule has 0 saturated heterocycles. The largest absolute Gasteiger partial charge is 0.497 e. The molecule has 0 aliphatic heterocycles. The molecule has 2 aromatic rings. The fourth-order valence-electron chi connectivity index (χ4n) is 2.77. The third kappa shape index (κ3) is 7.52. The van der Waals surface area contributed by atoms with Gasteiger partial charge in [0.05, 0.1) is 19.4 Å². The number of aliphatic hydroxyl groups is 1. The maximum atomic E-state index is 12.6. The van der Waals surface area contributed by atoms with Crippen LogP contribution in [0.2, 0.25) is 0 Å². The molecule has 2 unspecified atom stereocenters. The molecule has 0 bridgehead atoms. The molecule has 0 spiro atoms. The van der Waals surface area contributed by atoms with Crippen LogP contribution in [-0.2, 0) is 4.79 Å². The van der Waals surface area contributed by atoms with Crippen LogP contribution >= 0.6 is 0 Å². The summed E-state index contributed by atoms with van der Waals surface area (Å²) in [7, 11) is 1.58. The van der Waals surface area contributed by atoms with Crippen LogP contribution in [0.1, 0.15) is 42.3 Å². The first-order valence-corrected chi connectivity index (χ1v) is 9.48. The molecule has 3 N–H and O–H groups in total. The first-order valence-electron chi connectivity index (χ1n) is 9.48. The molecule has 154 valence electrons. The van der Waals surface area contributed by atoms with E-state index in [-0.39, 0.29) is 24.7 Å². The number of benzene rings is 2. The maximum absolute atomic E-state index is 12.6. The van der Waals surface area contributed by atoms with E-state index < -0.39 is 12.3 Å². The Morgan fingerprint density at radius 2 is 1.72 bits per heavy atom. The molecule has 29 heavy (non-hydrogen) atoms. The summed E-state index contributed by atoms with van der Waals surface area (Å²) in [6, 6.07) is 16.0. The third-order valence-corrected chi connectivity index (χ3v) is 4.28. The lowest BCUT2D eigenvalue weighted by atomic mass is 10.1. The Bertz CT molecular complexity index is 828. The normalized spacial score (nSPS) is 12.6. The number of nitrogens with one attached hydrogen (secondary N) is 2. The molecule has 6 heteroatoms. The van der Waals surface area contributed by atoms with E-state index in [4.69, 9.17) is 4.74 Å². The molecule has 0 aliphatic carbocycles. The number of hydrogen-bond donors (Lipinski definition) is 3. The number of carbonyl (C=O) groups excluding carboxylic acids is 2. The van der Waals surface area contributed by atoms with Gasteiger partial charge >= 0.3 is 0 Å². The van der Waals surface area contributed by atoms with E-state index in [9.17, 15) is 14.7 Å². The summed E-state index contributed by atoms with van der Waals surface area (Å²) < 4.78 is 5.12. The van der Waals surface area contributed by atoms with Gasteiger partial charge in [-0.1, -0.05) is 48.0 Å². The molecule has 0 heterocycles. The monoisotopic (exact) mass is 396 g/mol. The minimum atomic E-state index is -0.796. The second-order valence-electron chi connectivity index (χ2n) is 6.97. The predicted molar refractivity (Wildman–Crippen MR) is 113 cm³/mol. The summed E-state index contributed by atoms with van der Waals surface area (Å²) in [6.45, 7) is 3.82. The molecule has 2 rings (SSSR count). The van der Waals surface area contributed by atoms with Crippen molar-refractivity contribution in [1.82, 2.24) is 10.6 Å². The number of aliphatic hydroxyl groups excluding tert-OH is 1. The number of allylic oxidation sites excluding steroid dienone is 1. The van der Waals surface area contributed by atoms with E-state index in [1.807, 2.05) is 19.9 Å². The van der Waals surface area contributed by atoms with Crippen LogP contribution in [0.5, 0.6) is 5.75 Å². The lowest BCUT2D eigenvalue weighted by Crippen LogP contribution is -2.47. The number of ketones is 1. The van der Waals surface area contributed by atoms with Gasteiger partial charge in [-0.25, -0.2) is 0 Å². The highest BCUT2D eigenvalue weighted by Gasteiger charge is 2.18. The van der Waals surface area contributed by atoms with Crippen molar-refractivity contribution in [3.05, 3.63) is 77.4 Å². The average molecular weight is 396 g/mol. The number of ether oxygens (including phenoxy) is 1. The fraction of sp³-hybridized carbons (Fsp3) is 0.304. The minimum Gasteiger partial charge on any atom is -0.497 e. The zero-order chi connectivity index (χ0) is 21.2. The quantitative estimate of drug-likeness (QED) is 0.326. The number of rotatable bonds is 10. The number of hydrogen-bond acceptors (Lipinski definition) is 5. The van der Waals surface area contributed by atoms with Crippen LogP contribution in [0.3, 0.4) is 0 Å². The van der Waals surface area contributed by atoms with Crippen LogP contribution in [0.15, 0.2) is 66.2 Å². The van der Waals surface area contributed by atoms with Gasteiger partial charge in [-0.05, 0) is 31.5 Å². The molecule has 0 saturated carbocycles. The van der Waals surface area contributed by atoms with Crippen molar-refractivity contribution in [2.75, 3.05) is 13.7 Å². The van der Waals surface area contributed by atoms with Crippen molar-refractivity contribution < 1.29 is 19.4 Å². The van der Waals surface area contributed by atoms with Crippen LogP contribution < -0.4 is 15.4 Å². The summed E-state index contributed by atoms with van der Waals surface area (Å²) >= 11 is 0. The van der Waals surface area contributed by atoms with E-state index in [2.05, 4.69) is 10.6 Å². The standard InChI is InChI=1S/C23H28N2O4/c1-16(2)13-23(28)25-22(14-20(26)17-7-5-4-6-8-17)24-15-21(27)18-9-11-19(29-3)12-10-18/h4-13,21-22,24,27H,14-15H2,1-3H3,(H,25,28). The van der Waals surface area contributed by atoms with Crippen LogP contribution in [0.4, 0.5) is 0 Å². The number of carbonyl (C=O) groups is 2. The lowest BCUT2D eigenvalue weighted by molar-refractivity contribution is -0.117. The van der Waals surface area contributed by atoms with Gasteiger partial charge in [0.15, 0.2) is 5.78 Å². The van der Waals surface area contributed by atoms with Crippen LogP contribution in [0, 0.1) is 0 Å². The van der Waals surface area contributed by atoms with Crippen molar-refractivity contribution >= 4 is 11.7 Å². The van der Waals surface area contributed by atoms with Crippen molar-refractivity contribution in [2.45, 2.75) is 32.5 Å². The van der Waals surface area contributed by atoms with E-state index in [0.29, 0.717) is 16.9 Å². The van der Waals surface area contributed by atoms with E-state index >= 15 is 0 Å². The Balaban J connectivity index is 2.04. The molecule has 0 radical (unpaired) electrons. The Morgan fingerprint density at radius 1 is 1.07 bits per heavy atom. The zero-order valence-corrected chi connectivity index (χ0v) is 17.0. The Morgan fingerprint density at radius 3 is 2.31 bits per heavy atom. The van der Waals surface area contributed by atoms with Gasteiger partial charge in [0.1, 0.15) is 5.75 Å². The summed E-state index contributed by atoms with van der Waals surface area (Å²) in [5.41, 5.74) is 2.14. The fourth-order valence-corrected chi connectivity index (χ4v) is 2.77. The first-order chi connectivity index (χ1) is 13.9. The van der Waals surface area contributed by atoms with Crippen molar-refractivity contribution in [1.29, 1.82) is 0 Å². The molecular weight excluding hydrogens is 368 g/mol. The Labute approximate surface area is 171 Å². The summed E-state index contributed by atoms with van der Waals surface area (Å²) in [4.78, 5) is 24.7. The summed E-state index contributed by atoms with van der Waals surface area (Å²) in [5.74, 6) is 0.316. The number of Topliss-reactive ketones (excluding diaryl/α,β-unsaturated/α-hetero) is 1. The van der Waals surface area contributed by atoms with Crippen LogP contribution in [-0.4, -0.2) is 36.6 Å². The molecule has 6 nitrogen and oxygen atoms in total. The van der Waals surface area contributed by atoms with Crippen molar-refractivity contribution in [3.63, 3.8) is 0 Å². The van der Waals surface area contributed by atoms with E-state index in [1.165, 1.54) is 6.08 Å². The zero-order valence-electron chi connectivity index (χ0n) is 17.0. The average Bonchev–Trinajstić information content (AvgIpc) is 2.71. The van der Waals surface area contributed by atoms with Gasteiger partial charge in [0, 0.05) is 24.6 Å². The highest BCUT2D eigenvalue weighted by Crippen LogP contribution is 2.17. The predicted octanol–water partition coefficient (Wildman–Crippen LogP) is 3.00. The van der Waals surface area contributed by atoms with Gasteiger partial charge < -0.3 is 15.2 Å². The first kappa shape index (κ1) is 22.3. The molecule has 0 fully saturated rings. The van der Waals surface area contributed by atoms with Crippen molar-refractivity contribution in [3.8, 4) is 5.75 Å². The summed E-state index contributed by atoms with van der Waals surface area (Å²) in [6.07, 6.45) is 0.137. The smallest absolute Gasteiger partial charge is 0.245 e. The second kappa shape index (κ2) is 11.1. The van der Waals surface area contributed by atoms with E-state index in [0.717, 1.165) is 5.57 Å². The highest BCUT2D eigenvalue weighted by molar-refractivity contribution is 5.97. The minimum absolute atomic E-state index is 0.0711. The summed E-state index contributed by atoms with van der Waals surface area (Å²) in [5, 5.41) is 16.3. The van der Waals surface area contributed by atoms with Gasteiger partial charge in [0.25, 0.3) is 0 Å². The highest BCUT2D eigenvalue weighted by atomic mass is 16.5. The molecule has 0 aliphatic rings. The maximum Gasteiger partial charge on any atom is 0.245 e. The van der Waals surface area contributed by atoms with Gasteiger partial charge in [-0.2, -0.15) is 0 Å². The van der Waals surface area contributed by atoms with Gasteiger partial charge in [-0.15, -0.1) is 0 Å². The van der Waals surface area contributed by atoms with Gasteiger partial charge in [0.2, 0.25) is 5.91 Å². The molecule has 0 aromatic heterocycles. The van der Waals surface area contributed by atoms with Crippen molar-refractivity contribution in [2.24, 2.45) is 0 Å². The molecule has 2 atom stereocenters. The van der Waals surface area contributed by atoms with E-state index in [1.54, 1.807) is 55.6 Å². The number of methoxy groups -OCH3 is 1. The SMILES string of the molecule is COc1ccc(C(O)CNC(CC(=O)c2ccccc2)NC(=O)C=C(C)C)cc1. The molecule has 1 amide bonds. The van der Waals surface area contributed by atoms with Gasteiger partial charge in [-0.3, -0.25) is 14.9 Å². The molecular formula is C23H28N2O4.